The predicted octanol–water partition coefficient (Wildman–Crippen LogP) is 5.16. The average Bonchev–Trinajstić information content (AvgIpc) is 3.72. The number of carbonyl (C=O) groups excluding carboxylic acids is 1. The number of benzene rings is 1. The van der Waals surface area contributed by atoms with Gasteiger partial charge in [-0.15, -0.1) is 12.4 Å². The van der Waals surface area contributed by atoms with Crippen LogP contribution in [-0.2, 0) is 17.3 Å². The molecule has 226 valence electrons. The lowest BCUT2D eigenvalue weighted by molar-refractivity contribution is -0.141. The molecule has 42 heavy (non-hydrogen) atoms. The molecular formula is C28H34ClF3N8O2. The molecule has 10 nitrogen and oxygen atoms in total. The second-order valence-corrected chi connectivity index (χ2v) is 9.93. The van der Waals surface area contributed by atoms with Crippen LogP contribution in [0.1, 0.15) is 60.3 Å². The number of aryl methyl sites for hydroxylation is 1. The number of aromatic nitrogens is 5. The molecule has 0 atom stereocenters. The van der Waals surface area contributed by atoms with E-state index in [1.54, 1.807) is 22.7 Å². The first-order chi connectivity index (χ1) is 19.8. The molecular weight excluding hydrogens is 573 g/mol. The Balaban J connectivity index is 0.00000405. The van der Waals surface area contributed by atoms with Gasteiger partial charge in [0, 0.05) is 42.9 Å². The third-order valence-corrected chi connectivity index (χ3v) is 7.19. The van der Waals surface area contributed by atoms with Gasteiger partial charge in [0.2, 0.25) is 0 Å². The van der Waals surface area contributed by atoms with Crippen molar-refractivity contribution in [3.8, 4) is 11.3 Å². The molecule has 3 heterocycles. The van der Waals surface area contributed by atoms with Crippen LogP contribution in [0.3, 0.4) is 0 Å². The highest BCUT2D eigenvalue weighted by molar-refractivity contribution is 5.96. The Bertz CT molecular complexity index is 1510. The molecule has 0 bridgehead atoms. The van der Waals surface area contributed by atoms with E-state index in [4.69, 9.17) is 10.5 Å². The molecule has 1 amide bonds. The number of amides is 1. The SMILES string of the molecule is CCc1cc(Nc2nccn3c(-c4cn(C5CCCC5)nc4C(F)(F)F)cnc23)ccc1C(=O)NCCOCCN.Cl. The van der Waals surface area contributed by atoms with Crippen LogP contribution >= 0.6 is 12.4 Å². The van der Waals surface area contributed by atoms with Crippen LogP contribution in [0.5, 0.6) is 0 Å². The number of imidazole rings is 1. The maximum Gasteiger partial charge on any atom is 0.435 e. The van der Waals surface area contributed by atoms with Gasteiger partial charge in [-0.3, -0.25) is 13.9 Å². The number of hydrogen-bond donors (Lipinski definition) is 3. The minimum Gasteiger partial charge on any atom is -0.378 e. The van der Waals surface area contributed by atoms with Crippen LogP contribution in [0.15, 0.2) is 43.0 Å². The van der Waals surface area contributed by atoms with E-state index in [1.807, 2.05) is 13.0 Å². The van der Waals surface area contributed by atoms with Crippen molar-refractivity contribution in [1.29, 1.82) is 0 Å². The zero-order chi connectivity index (χ0) is 29.0. The molecule has 5 rings (SSSR count). The van der Waals surface area contributed by atoms with Gasteiger partial charge in [-0.05, 0) is 43.0 Å². The molecule has 1 saturated carbocycles. The molecule has 0 spiro atoms. The van der Waals surface area contributed by atoms with E-state index in [1.165, 1.54) is 23.3 Å². The number of alkyl halides is 3. The highest BCUT2D eigenvalue weighted by atomic mass is 35.5. The van der Waals surface area contributed by atoms with Gasteiger partial charge in [0.25, 0.3) is 5.91 Å². The summed E-state index contributed by atoms with van der Waals surface area (Å²) in [4.78, 5) is 21.5. The molecule has 0 radical (unpaired) electrons. The molecule has 14 heteroatoms. The molecule has 1 fully saturated rings. The van der Waals surface area contributed by atoms with Crippen LogP contribution in [0.2, 0.25) is 0 Å². The number of halogens is 4. The first kappa shape index (κ1) is 31.3. The molecule has 1 aromatic carbocycles. The Kier molecular flexibility index (Phi) is 10.1. The first-order valence-electron chi connectivity index (χ1n) is 13.7. The van der Waals surface area contributed by atoms with Crippen molar-refractivity contribution in [2.45, 2.75) is 51.2 Å². The Morgan fingerprint density at radius 3 is 2.69 bits per heavy atom. The number of nitrogens with two attached hydrogens (primary N) is 1. The summed E-state index contributed by atoms with van der Waals surface area (Å²) in [6.07, 6.45) is 5.56. The minimum atomic E-state index is -4.61. The fourth-order valence-corrected chi connectivity index (χ4v) is 5.19. The summed E-state index contributed by atoms with van der Waals surface area (Å²) in [5.41, 5.74) is 7.12. The van der Waals surface area contributed by atoms with E-state index in [2.05, 4.69) is 25.7 Å². The normalized spacial score (nSPS) is 13.8. The summed E-state index contributed by atoms with van der Waals surface area (Å²) < 4.78 is 50.4. The van der Waals surface area contributed by atoms with Crippen molar-refractivity contribution in [2.75, 3.05) is 31.6 Å². The summed E-state index contributed by atoms with van der Waals surface area (Å²) in [5, 5.41) is 10.0. The van der Waals surface area contributed by atoms with Crippen LogP contribution in [0, 0.1) is 0 Å². The Labute approximate surface area is 247 Å². The van der Waals surface area contributed by atoms with Gasteiger partial charge < -0.3 is 21.1 Å². The van der Waals surface area contributed by atoms with Crippen LogP contribution in [0.4, 0.5) is 24.7 Å². The second-order valence-electron chi connectivity index (χ2n) is 9.93. The minimum absolute atomic E-state index is 0. The second kappa shape index (κ2) is 13.5. The number of nitrogens with one attached hydrogen (secondary N) is 2. The Morgan fingerprint density at radius 1 is 1.19 bits per heavy atom. The van der Waals surface area contributed by atoms with E-state index < -0.39 is 11.9 Å². The first-order valence-corrected chi connectivity index (χ1v) is 13.7. The lowest BCUT2D eigenvalue weighted by atomic mass is 10.0. The van der Waals surface area contributed by atoms with Crippen molar-refractivity contribution in [1.82, 2.24) is 29.5 Å². The third-order valence-electron chi connectivity index (χ3n) is 7.19. The van der Waals surface area contributed by atoms with Crippen molar-refractivity contribution >= 4 is 35.5 Å². The third kappa shape index (κ3) is 6.69. The zero-order valence-electron chi connectivity index (χ0n) is 23.2. The van der Waals surface area contributed by atoms with Gasteiger partial charge in [-0.25, -0.2) is 9.97 Å². The largest absolute Gasteiger partial charge is 0.435 e. The monoisotopic (exact) mass is 606 g/mol. The van der Waals surface area contributed by atoms with Crippen LogP contribution in [0.25, 0.3) is 16.9 Å². The fourth-order valence-electron chi connectivity index (χ4n) is 5.19. The fraction of sp³-hybridized carbons (Fsp3) is 0.429. The van der Waals surface area contributed by atoms with Crippen molar-refractivity contribution < 1.29 is 22.7 Å². The maximum atomic E-state index is 14.0. The molecule has 4 aromatic rings. The number of hydrogen-bond acceptors (Lipinski definition) is 7. The topological polar surface area (TPSA) is 124 Å². The van der Waals surface area contributed by atoms with Gasteiger partial charge in [0.05, 0.1) is 36.7 Å². The van der Waals surface area contributed by atoms with Crippen LogP contribution in [-0.4, -0.2) is 56.4 Å². The molecule has 0 unspecified atom stereocenters. The molecule has 1 aliphatic rings. The number of ether oxygens (including phenoxy) is 1. The summed E-state index contributed by atoms with van der Waals surface area (Å²) in [6, 6.07) is 5.29. The van der Waals surface area contributed by atoms with Crippen molar-refractivity contribution in [2.24, 2.45) is 5.73 Å². The van der Waals surface area contributed by atoms with Gasteiger partial charge >= 0.3 is 6.18 Å². The van der Waals surface area contributed by atoms with Crippen molar-refractivity contribution in [3.63, 3.8) is 0 Å². The number of anilines is 2. The summed E-state index contributed by atoms with van der Waals surface area (Å²) in [5.74, 6) is 0.160. The van der Waals surface area contributed by atoms with Gasteiger partial charge in [-0.1, -0.05) is 19.8 Å². The van der Waals surface area contributed by atoms with E-state index in [-0.39, 0.29) is 35.6 Å². The van der Waals surface area contributed by atoms with Gasteiger partial charge in [-0.2, -0.15) is 18.3 Å². The van der Waals surface area contributed by atoms with E-state index in [0.717, 1.165) is 31.2 Å². The highest BCUT2D eigenvalue weighted by Gasteiger charge is 2.39. The smallest absolute Gasteiger partial charge is 0.378 e. The molecule has 1 aliphatic carbocycles. The summed E-state index contributed by atoms with van der Waals surface area (Å²) in [7, 11) is 0. The predicted molar refractivity (Wildman–Crippen MR) is 155 cm³/mol. The standard InChI is InChI=1S/C28H33F3N8O2.ClH/c1-2-18-15-19(7-8-21(18)27(40)34-11-14-41-13-9-32)36-25-26-35-16-23(38(26)12-10-33-25)22-17-39(20-5-3-4-6-20)37-24(22)28(29,30)31;/h7-8,10,12,15-17,20H,2-6,9,11,13-14,32H2,1H3,(H,33,36)(H,34,40);1H. The number of fused-ring (bicyclic) bond motifs is 1. The van der Waals surface area contributed by atoms with Gasteiger partial charge in [0.1, 0.15) is 0 Å². The summed E-state index contributed by atoms with van der Waals surface area (Å²) in [6.45, 7) is 3.54. The molecule has 4 N–H and O–H groups in total. The number of rotatable bonds is 11. The maximum absolute atomic E-state index is 14.0. The van der Waals surface area contributed by atoms with Gasteiger partial charge in [0.15, 0.2) is 17.2 Å². The molecule has 3 aromatic heterocycles. The quantitative estimate of drug-likeness (QED) is 0.201. The highest BCUT2D eigenvalue weighted by Crippen LogP contribution is 2.39. The zero-order valence-corrected chi connectivity index (χ0v) is 24.0. The molecule has 0 saturated heterocycles. The van der Waals surface area contributed by atoms with E-state index in [0.29, 0.717) is 55.4 Å². The van der Waals surface area contributed by atoms with E-state index >= 15 is 0 Å². The number of carbonyl (C=O) groups is 1. The average molecular weight is 607 g/mol. The lowest BCUT2D eigenvalue weighted by Crippen LogP contribution is -2.28. The lowest BCUT2D eigenvalue weighted by Gasteiger charge is -2.13. The Hall–Kier alpha value is -3.68. The van der Waals surface area contributed by atoms with Crippen LogP contribution < -0.4 is 16.4 Å². The van der Waals surface area contributed by atoms with Crippen molar-refractivity contribution in [3.05, 3.63) is 59.8 Å². The number of nitrogens with zero attached hydrogens (tertiary/aromatic N) is 5. The van der Waals surface area contributed by atoms with E-state index in [9.17, 15) is 18.0 Å². The summed E-state index contributed by atoms with van der Waals surface area (Å²) >= 11 is 0. The Morgan fingerprint density at radius 2 is 1.98 bits per heavy atom. The molecule has 0 aliphatic heterocycles.